The van der Waals surface area contributed by atoms with Crippen molar-refractivity contribution >= 4 is 17.0 Å². The first-order valence-corrected chi connectivity index (χ1v) is 11.5. The zero-order chi connectivity index (χ0) is 25.1. The van der Waals surface area contributed by atoms with Crippen LogP contribution in [0.5, 0.6) is 5.75 Å². The van der Waals surface area contributed by atoms with E-state index in [0.29, 0.717) is 57.9 Å². The summed E-state index contributed by atoms with van der Waals surface area (Å²) in [7, 11) is 3.05. The van der Waals surface area contributed by atoms with Crippen molar-refractivity contribution in [1.82, 2.24) is 19.7 Å². The molecule has 0 bridgehead atoms. The number of nitrogens with one attached hydrogen (secondary N) is 1. The number of fused-ring (bicyclic) bond motifs is 1. The molecule has 4 rings (SSSR count). The van der Waals surface area contributed by atoms with Gasteiger partial charge in [-0.2, -0.15) is 5.10 Å². The number of rotatable bonds is 8. The molecule has 0 radical (unpaired) electrons. The van der Waals surface area contributed by atoms with Crippen molar-refractivity contribution in [2.24, 2.45) is 7.05 Å². The molecule has 0 aliphatic carbocycles. The number of carbonyl (C=O) groups is 1. The van der Waals surface area contributed by atoms with Crippen molar-refractivity contribution < 1.29 is 19.4 Å². The highest BCUT2D eigenvalue weighted by molar-refractivity contribution is 5.89. The van der Waals surface area contributed by atoms with Crippen LogP contribution in [-0.2, 0) is 18.2 Å². The molecular formula is C26H28N4O5. The summed E-state index contributed by atoms with van der Waals surface area (Å²) in [5.41, 5.74) is 3.56. The van der Waals surface area contributed by atoms with E-state index in [1.54, 1.807) is 54.2 Å². The third-order valence-corrected chi connectivity index (χ3v) is 5.77. The number of carbonyl (C=O) groups excluding carboxylic acids is 1. The predicted octanol–water partition coefficient (Wildman–Crippen LogP) is 3.54. The fraction of sp³-hybridized carbons (Fsp3) is 0.308. The number of H-pyrrole nitrogens is 1. The smallest absolute Gasteiger partial charge is 0.337 e. The molecule has 0 aliphatic rings. The summed E-state index contributed by atoms with van der Waals surface area (Å²) < 4.78 is 12.1. The van der Waals surface area contributed by atoms with Gasteiger partial charge in [-0.1, -0.05) is 31.5 Å². The van der Waals surface area contributed by atoms with Crippen molar-refractivity contribution in [3.63, 3.8) is 0 Å². The fourth-order valence-corrected chi connectivity index (χ4v) is 4.08. The van der Waals surface area contributed by atoms with Crippen LogP contribution in [-0.4, -0.2) is 44.5 Å². The van der Waals surface area contributed by atoms with E-state index in [1.807, 2.05) is 13.8 Å². The third-order valence-electron chi connectivity index (χ3n) is 5.77. The van der Waals surface area contributed by atoms with Crippen molar-refractivity contribution in [2.75, 3.05) is 13.7 Å². The van der Waals surface area contributed by atoms with Crippen molar-refractivity contribution in [1.29, 1.82) is 0 Å². The molecule has 2 aromatic carbocycles. The number of nitrogens with zero attached hydrogens (tertiary/aromatic N) is 3. The second kappa shape index (κ2) is 10.1. The zero-order valence-corrected chi connectivity index (χ0v) is 20.2. The summed E-state index contributed by atoms with van der Waals surface area (Å²) in [5, 5.41) is 15.5. The van der Waals surface area contributed by atoms with Crippen LogP contribution in [0.4, 0.5) is 0 Å². The van der Waals surface area contributed by atoms with Gasteiger partial charge in [-0.15, -0.1) is 0 Å². The van der Waals surface area contributed by atoms with Gasteiger partial charge in [0.05, 0.1) is 30.5 Å². The zero-order valence-electron chi connectivity index (χ0n) is 20.2. The molecule has 35 heavy (non-hydrogen) atoms. The molecule has 1 atom stereocenters. The van der Waals surface area contributed by atoms with Crippen LogP contribution >= 0.6 is 0 Å². The number of esters is 1. The Balaban J connectivity index is 1.80. The number of aromatic amines is 1. The lowest BCUT2D eigenvalue weighted by Gasteiger charge is -2.16. The molecule has 0 spiro atoms. The van der Waals surface area contributed by atoms with E-state index in [9.17, 15) is 14.7 Å². The number of methoxy groups -OCH3 is 1. The van der Waals surface area contributed by atoms with Gasteiger partial charge < -0.3 is 19.6 Å². The number of hydrogen-bond donors (Lipinski definition) is 2. The van der Waals surface area contributed by atoms with E-state index < -0.39 is 12.1 Å². The number of aryl methyl sites for hydroxylation is 2. The van der Waals surface area contributed by atoms with Crippen LogP contribution in [0.3, 0.4) is 0 Å². The molecule has 9 heteroatoms. The Bertz CT molecular complexity index is 1420. The molecule has 2 N–H and O–H groups in total. The first kappa shape index (κ1) is 24.2. The molecule has 4 aromatic rings. The number of hydrogen-bond acceptors (Lipinski definition) is 7. The third kappa shape index (κ3) is 4.67. The van der Waals surface area contributed by atoms with E-state index in [4.69, 9.17) is 14.5 Å². The lowest BCUT2D eigenvalue weighted by Crippen LogP contribution is -2.13. The maximum atomic E-state index is 12.9. The Morgan fingerprint density at radius 2 is 1.86 bits per heavy atom. The van der Waals surface area contributed by atoms with Gasteiger partial charge in [-0.25, -0.2) is 9.78 Å². The minimum Gasteiger partial charge on any atom is -0.493 e. The van der Waals surface area contributed by atoms with Crippen LogP contribution in [0.1, 0.15) is 53.6 Å². The Labute approximate surface area is 202 Å². The highest BCUT2D eigenvalue weighted by Crippen LogP contribution is 2.33. The van der Waals surface area contributed by atoms with Crippen LogP contribution in [0, 0.1) is 0 Å². The van der Waals surface area contributed by atoms with Crippen LogP contribution in [0.2, 0.25) is 0 Å². The van der Waals surface area contributed by atoms with E-state index in [0.717, 1.165) is 12.1 Å². The first-order chi connectivity index (χ1) is 16.9. The molecule has 182 valence electrons. The molecule has 0 fully saturated rings. The monoisotopic (exact) mass is 476 g/mol. The van der Waals surface area contributed by atoms with Crippen LogP contribution < -0.4 is 10.3 Å². The lowest BCUT2D eigenvalue weighted by atomic mass is 9.98. The summed E-state index contributed by atoms with van der Waals surface area (Å²) in [6.45, 7) is 4.34. The molecule has 9 nitrogen and oxygen atoms in total. The molecule has 1 unspecified atom stereocenters. The van der Waals surface area contributed by atoms with E-state index in [1.165, 1.54) is 7.11 Å². The second-order valence-corrected chi connectivity index (χ2v) is 8.14. The first-order valence-electron chi connectivity index (χ1n) is 11.5. The average molecular weight is 477 g/mol. The summed E-state index contributed by atoms with van der Waals surface area (Å²) in [4.78, 5) is 32.3. The average Bonchev–Trinajstić information content (AvgIpc) is 3.19. The highest BCUT2D eigenvalue weighted by Gasteiger charge is 2.20. The molecule has 0 saturated carbocycles. The van der Waals surface area contributed by atoms with Gasteiger partial charge in [0.15, 0.2) is 5.52 Å². The van der Waals surface area contributed by atoms with Gasteiger partial charge in [0.1, 0.15) is 23.2 Å². The van der Waals surface area contributed by atoms with Gasteiger partial charge in [-0.3, -0.25) is 9.48 Å². The molecule has 0 aliphatic heterocycles. The molecular weight excluding hydrogens is 448 g/mol. The SMILES string of the molecule is CCCc1nn(C)c2c(=O)[nH]c(-c3cc(C(O)c4ccc(C(=O)OC)cc4)ccc3OCC)nc12. The number of benzene rings is 2. The summed E-state index contributed by atoms with van der Waals surface area (Å²) in [6.07, 6.45) is 0.600. The van der Waals surface area contributed by atoms with Crippen molar-refractivity contribution in [3.8, 4) is 17.1 Å². The maximum Gasteiger partial charge on any atom is 0.337 e. The minimum atomic E-state index is -0.972. The molecule has 0 amide bonds. The Kier molecular flexibility index (Phi) is 6.97. The van der Waals surface area contributed by atoms with Gasteiger partial charge >= 0.3 is 5.97 Å². The number of aliphatic hydroxyl groups excluding tert-OH is 1. The predicted molar refractivity (Wildman–Crippen MR) is 132 cm³/mol. The number of aliphatic hydroxyl groups is 1. The van der Waals surface area contributed by atoms with Crippen LogP contribution in [0.25, 0.3) is 22.4 Å². The highest BCUT2D eigenvalue weighted by atomic mass is 16.5. The number of ether oxygens (including phenoxy) is 2. The van der Waals surface area contributed by atoms with Crippen LogP contribution in [0.15, 0.2) is 47.3 Å². The van der Waals surface area contributed by atoms with Gasteiger partial charge in [0.2, 0.25) is 0 Å². The summed E-state index contributed by atoms with van der Waals surface area (Å²) in [5.74, 6) is 0.428. The maximum absolute atomic E-state index is 12.9. The second-order valence-electron chi connectivity index (χ2n) is 8.14. The van der Waals surface area contributed by atoms with Gasteiger partial charge in [0.25, 0.3) is 5.56 Å². The van der Waals surface area contributed by atoms with Gasteiger partial charge in [-0.05, 0) is 48.7 Å². The Morgan fingerprint density at radius 1 is 1.14 bits per heavy atom. The largest absolute Gasteiger partial charge is 0.493 e. The van der Waals surface area contributed by atoms with Crippen molar-refractivity contribution in [2.45, 2.75) is 32.8 Å². The number of aromatic nitrogens is 4. The minimum absolute atomic E-state index is 0.297. The standard InChI is InChI=1S/C26H28N4O5/c1-5-7-19-21-22(30(3)29-19)25(32)28-24(27-21)18-14-17(12-13-20(18)35-6-2)23(31)15-8-10-16(11-9-15)26(33)34-4/h8-14,23,31H,5-7H2,1-4H3,(H,27,28,32). The molecule has 2 heterocycles. The summed E-state index contributed by atoms with van der Waals surface area (Å²) in [6, 6.07) is 11.8. The molecule has 0 saturated heterocycles. The quantitative estimate of drug-likeness (QED) is 0.373. The fourth-order valence-electron chi connectivity index (χ4n) is 4.08. The van der Waals surface area contributed by atoms with E-state index in [2.05, 4.69) is 10.1 Å². The Hall–Kier alpha value is -3.98. The Morgan fingerprint density at radius 3 is 2.51 bits per heavy atom. The normalized spacial score (nSPS) is 12.0. The topological polar surface area (TPSA) is 119 Å². The van der Waals surface area contributed by atoms with E-state index >= 15 is 0 Å². The van der Waals surface area contributed by atoms with Gasteiger partial charge in [0, 0.05) is 7.05 Å². The molecule has 2 aromatic heterocycles. The van der Waals surface area contributed by atoms with Crippen molar-refractivity contribution in [3.05, 3.63) is 75.2 Å². The summed E-state index contributed by atoms with van der Waals surface area (Å²) >= 11 is 0. The lowest BCUT2D eigenvalue weighted by molar-refractivity contribution is 0.0600. The van der Waals surface area contributed by atoms with E-state index in [-0.39, 0.29) is 5.56 Å².